The summed E-state index contributed by atoms with van der Waals surface area (Å²) in [5.74, 6) is -1.69. The highest BCUT2D eigenvalue weighted by Crippen LogP contribution is 2.19. The lowest BCUT2D eigenvalue weighted by Crippen LogP contribution is -2.46. The van der Waals surface area contributed by atoms with Crippen molar-refractivity contribution in [2.45, 2.75) is 26.3 Å². The van der Waals surface area contributed by atoms with Crippen LogP contribution in [0, 0.1) is 5.41 Å². The third-order valence-electron chi connectivity index (χ3n) is 3.78. The summed E-state index contributed by atoms with van der Waals surface area (Å²) in [6.07, 6.45) is 2.51. The monoisotopic (exact) mass is 303 g/mol. The first-order valence-electron chi connectivity index (χ1n) is 7.14. The highest BCUT2D eigenvalue weighted by Gasteiger charge is 2.35. The van der Waals surface area contributed by atoms with E-state index in [1.165, 1.54) is 13.8 Å². The van der Waals surface area contributed by atoms with Crippen LogP contribution in [0.25, 0.3) is 10.9 Å². The molecule has 1 amide bonds. The fourth-order valence-corrected chi connectivity index (χ4v) is 2.20. The SMILES string of the molecule is CC(C)(C(=O)O)C(=O)NC[C@@H](N)Cc1c[nH]c2ccccc12. The van der Waals surface area contributed by atoms with Crippen molar-refractivity contribution in [3.63, 3.8) is 0 Å². The Kier molecular flexibility index (Phi) is 4.51. The maximum atomic E-state index is 11.9. The van der Waals surface area contributed by atoms with Crippen molar-refractivity contribution in [2.75, 3.05) is 6.54 Å². The molecule has 0 fully saturated rings. The third-order valence-corrected chi connectivity index (χ3v) is 3.78. The standard InChI is InChI=1S/C16H21N3O3/c1-16(2,15(21)22)14(20)19-9-11(17)7-10-8-18-13-6-4-3-5-12(10)13/h3-6,8,11,18H,7,9,17H2,1-2H3,(H,19,20)(H,21,22)/t11-/m0/s1. The molecule has 2 rings (SSSR count). The number of benzene rings is 1. The molecule has 0 saturated heterocycles. The van der Waals surface area contributed by atoms with Gasteiger partial charge in [-0.25, -0.2) is 0 Å². The van der Waals surface area contributed by atoms with Gasteiger partial charge in [-0.1, -0.05) is 18.2 Å². The van der Waals surface area contributed by atoms with Gasteiger partial charge in [0.15, 0.2) is 0 Å². The van der Waals surface area contributed by atoms with Crippen LogP contribution in [0.2, 0.25) is 0 Å². The molecule has 1 atom stereocenters. The number of nitrogens with two attached hydrogens (primary N) is 1. The molecule has 6 nitrogen and oxygen atoms in total. The van der Waals surface area contributed by atoms with Crippen molar-refractivity contribution < 1.29 is 14.7 Å². The first kappa shape index (κ1) is 16.0. The quantitative estimate of drug-likeness (QED) is 0.602. The lowest BCUT2D eigenvalue weighted by molar-refractivity contribution is -0.153. The van der Waals surface area contributed by atoms with Gasteiger partial charge in [0, 0.05) is 29.7 Å². The van der Waals surface area contributed by atoms with Crippen LogP contribution in [0.4, 0.5) is 0 Å². The minimum Gasteiger partial charge on any atom is -0.480 e. The smallest absolute Gasteiger partial charge is 0.318 e. The van der Waals surface area contributed by atoms with Crippen LogP contribution < -0.4 is 11.1 Å². The van der Waals surface area contributed by atoms with Gasteiger partial charge in [0.05, 0.1) is 0 Å². The molecule has 6 heteroatoms. The number of carboxylic acid groups (broad SMARTS) is 1. The number of amides is 1. The number of nitrogens with one attached hydrogen (secondary N) is 2. The maximum absolute atomic E-state index is 11.9. The molecule has 0 aliphatic heterocycles. The number of carbonyl (C=O) groups excluding carboxylic acids is 1. The Bertz CT molecular complexity index is 691. The number of hydrogen-bond acceptors (Lipinski definition) is 3. The first-order chi connectivity index (χ1) is 10.3. The summed E-state index contributed by atoms with van der Waals surface area (Å²) in [6.45, 7) is 2.97. The molecule has 0 radical (unpaired) electrons. The lowest BCUT2D eigenvalue weighted by Gasteiger charge is -2.20. The molecule has 1 aromatic carbocycles. The number of aliphatic carboxylic acids is 1. The van der Waals surface area contributed by atoms with Crippen molar-refractivity contribution in [3.05, 3.63) is 36.0 Å². The number of hydrogen-bond donors (Lipinski definition) is 4. The van der Waals surface area contributed by atoms with Crippen LogP contribution in [-0.2, 0) is 16.0 Å². The topological polar surface area (TPSA) is 108 Å². The largest absolute Gasteiger partial charge is 0.480 e. The molecule has 0 unspecified atom stereocenters. The number of aromatic nitrogens is 1. The van der Waals surface area contributed by atoms with Gasteiger partial charge in [0.1, 0.15) is 5.41 Å². The average molecular weight is 303 g/mol. The summed E-state index contributed by atoms with van der Waals surface area (Å²) in [6, 6.07) is 7.63. The minimum atomic E-state index is -1.46. The zero-order valence-corrected chi connectivity index (χ0v) is 12.7. The van der Waals surface area contributed by atoms with E-state index in [1.807, 2.05) is 30.5 Å². The second kappa shape index (κ2) is 6.19. The molecule has 0 aliphatic rings. The van der Waals surface area contributed by atoms with Gasteiger partial charge >= 0.3 is 5.97 Å². The van der Waals surface area contributed by atoms with Crippen LogP contribution in [0.3, 0.4) is 0 Å². The Morgan fingerprint density at radius 1 is 1.36 bits per heavy atom. The Morgan fingerprint density at radius 3 is 2.73 bits per heavy atom. The first-order valence-corrected chi connectivity index (χ1v) is 7.14. The van der Waals surface area contributed by atoms with Crippen molar-refractivity contribution in [1.82, 2.24) is 10.3 Å². The lowest BCUT2D eigenvalue weighted by atomic mass is 9.92. The Labute approximate surface area is 128 Å². The number of carbonyl (C=O) groups is 2. The number of aromatic amines is 1. The number of rotatable bonds is 6. The molecule has 0 spiro atoms. The van der Waals surface area contributed by atoms with Gasteiger partial charge in [-0.3, -0.25) is 9.59 Å². The highest BCUT2D eigenvalue weighted by atomic mass is 16.4. The molecule has 0 bridgehead atoms. The summed E-state index contributed by atoms with van der Waals surface area (Å²) in [5, 5.41) is 12.7. The molecule has 0 saturated carbocycles. The Hall–Kier alpha value is -2.34. The molecule has 118 valence electrons. The van der Waals surface area contributed by atoms with Crippen LogP contribution in [-0.4, -0.2) is 34.6 Å². The van der Waals surface area contributed by atoms with Crippen LogP contribution in [0.15, 0.2) is 30.5 Å². The van der Waals surface area contributed by atoms with Gasteiger partial charge in [-0.15, -0.1) is 0 Å². The maximum Gasteiger partial charge on any atom is 0.318 e. The van der Waals surface area contributed by atoms with Gasteiger partial charge in [-0.05, 0) is 31.9 Å². The zero-order valence-electron chi connectivity index (χ0n) is 12.7. The molecular weight excluding hydrogens is 282 g/mol. The molecule has 1 aromatic heterocycles. The number of H-pyrrole nitrogens is 1. The van der Waals surface area contributed by atoms with Crippen LogP contribution >= 0.6 is 0 Å². The number of fused-ring (bicyclic) bond motifs is 1. The molecular formula is C16H21N3O3. The van der Waals surface area contributed by atoms with E-state index in [9.17, 15) is 9.59 Å². The summed E-state index contributed by atoms with van der Waals surface area (Å²) in [4.78, 5) is 26.1. The van der Waals surface area contributed by atoms with E-state index >= 15 is 0 Å². The van der Waals surface area contributed by atoms with E-state index in [2.05, 4.69) is 10.3 Å². The van der Waals surface area contributed by atoms with E-state index in [1.54, 1.807) is 0 Å². The second-order valence-corrected chi connectivity index (χ2v) is 5.96. The summed E-state index contributed by atoms with van der Waals surface area (Å²) >= 11 is 0. The van der Waals surface area contributed by atoms with E-state index in [-0.39, 0.29) is 12.6 Å². The molecule has 2 aromatic rings. The zero-order chi connectivity index (χ0) is 16.3. The van der Waals surface area contributed by atoms with E-state index in [4.69, 9.17) is 10.8 Å². The second-order valence-electron chi connectivity index (χ2n) is 5.96. The predicted octanol–water partition coefficient (Wildman–Crippen LogP) is 1.26. The van der Waals surface area contributed by atoms with Crippen LogP contribution in [0.1, 0.15) is 19.4 Å². The van der Waals surface area contributed by atoms with Crippen molar-refractivity contribution in [3.8, 4) is 0 Å². The minimum absolute atomic E-state index is 0.231. The van der Waals surface area contributed by atoms with Crippen molar-refractivity contribution >= 4 is 22.8 Å². The van der Waals surface area contributed by atoms with Gasteiger partial charge < -0.3 is 21.1 Å². The average Bonchev–Trinajstić information content (AvgIpc) is 2.88. The van der Waals surface area contributed by atoms with Crippen molar-refractivity contribution in [2.24, 2.45) is 11.1 Å². The Morgan fingerprint density at radius 2 is 2.05 bits per heavy atom. The van der Waals surface area contributed by atoms with E-state index in [0.717, 1.165) is 16.5 Å². The third kappa shape index (κ3) is 3.28. The molecule has 0 aliphatic carbocycles. The predicted molar refractivity (Wildman–Crippen MR) is 84.4 cm³/mol. The van der Waals surface area contributed by atoms with E-state index in [0.29, 0.717) is 6.42 Å². The number of carboxylic acids is 1. The normalized spacial score (nSPS) is 13.0. The van der Waals surface area contributed by atoms with Gasteiger partial charge in [-0.2, -0.15) is 0 Å². The van der Waals surface area contributed by atoms with Crippen LogP contribution in [0.5, 0.6) is 0 Å². The molecule has 1 heterocycles. The Balaban J connectivity index is 1.95. The fraction of sp³-hybridized carbons (Fsp3) is 0.375. The fourth-order valence-electron chi connectivity index (χ4n) is 2.20. The van der Waals surface area contributed by atoms with E-state index < -0.39 is 17.3 Å². The summed E-state index contributed by atoms with van der Waals surface area (Å²) in [7, 11) is 0. The number of para-hydroxylation sites is 1. The summed E-state index contributed by atoms with van der Waals surface area (Å²) < 4.78 is 0. The van der Waals surface area contributed by atoms with Crippen molar-refractivity contribution in [1.29, 1.82) is 0 Å². The van der Waals surface area contributed by atoms with Gasteiger partial charge in [0.2, 0.25) is 5.91 Å². The highest BCUT2D eigenvalue weighted by molar-refractivity contribution is 6.00. The summed E-state index contributed by atoms with van der Waals surface area (Å²) in [5.41, 5.74) is 6.71. The molecule has 5 N–H and O–H groups in total. The van der Waals surface area contributed by atoms with Gasteiger partial charge in [0.25, 0.3) is 0 Å². The molecule has 22 heavy (non-hydrogen) atoms.